The summed E-state index contributed by atoms with van der Waals surface area (Å²) >= 11 is 0. The largest absolute Gasteiger partial charge is 0.383 e. The van der Waals surface area contributed by atoms with Gasteiger partial charge in [0.25, 0.3) is 0 Å². The molecule has 0 aliphatic heterocycles. The summed E-state index contributed by atoms with van der Waals surface area (Å²) in [7, 11) is 0. The number of hydrogen-bond acceptors (Lipinski definition) is 4. The summed E-state index contributed by atoms with van der Waals surface area (Å²) in [5.41, 5.74) is 9.61. The van der Waals surface area contributed by atoms with Gasteiger partial charge in [0.1, 0.15) is 17.8 Å². The minimum atomic E-state index is -0.199. The van der Waals surface area contributed by atoms with E-state index in [-0.39, 0.29) is 5.54 Å². The normalized spacial score (nSPS) is 12.3. The van der Waals surface area contributed by atoms with Crippen molar-refractivity contribution in [2.24, 2.45) is 0 Å². The standard InChI is InChI=1S/C17H18N6/c1-17(2,3)23-16-13(15(18)20-9-21-16)14(22-23)11-4-5-12-10(8-11)6-7-19-12/h4-9,19H,1-3H3,(H2,18,20,21). The summed E-state index contributed by atoms with van der Waals surface area (Å²) in [6.07, 6.45) is 3.42. The second-order valence-corrected chi connectivity index (χ2v) is 6.67. The van der Waals surface area contributed by atoms with E-state index in [0.29, 0.717) is 5.82 Å². The van der Waals surface area contributed by atoms with Crippen LogP contribution >= 0.6 is 0 Å². The van der Waals surface area contributed by atoms with Gasteiger partial charge < -0.3 is 10.7 Å². The molecule has 4 aromatic rings. The first-order valence-electron chi connectivity index (χ1n) is 7.52. The number of fused-ring (bicyclic) bond motifs is 2. The maximum absolute atomic E-state index is 6.13. The van der Waals surface area contributed by atoms with Crippen molar-refractivity contribution in [2.75, 3.05) is 5.73 Å². The number of H-pyrrole nitrogens is 1. The number of anilines is 1. The Kier molecular flexibility index (Phi) is 2.72. The van der Waals surface area contributed by atoms with Crippen molar-refractivity contribution in [1.82, 2.24) is 24.7 Å². The molecule has 4 rings (SSSR count). The Morgan fingerprint density at radius 3 is 2.74 bits per heavy atom. The molecule has 0 aliphatic rings. The van der Waals surface area contributed by atoms with Crippen molar-refractivity contribution in [3.05, 3.63) is 36.8 Å². The van der Waals surface area contributed by atoms with E-state index in [4.69, 9.17) is 10.8 Å². The van der Waals surface area contributed by atoms with E-state index in [9.17, 15) is 0 Å². The summed E-state index contributed by atoms with van der Waals surface area (Å²) in [6.45, 7) is 6.28. The molecule has 0 aliphatic carbocycles. The van der Waals surface area contributed by atoms with Crippen molar-refractivity contribution < 1.29 is 0 Å². The summed E-state index contributed by atoms with van der Waals surface area (Å²) in [5.74, 6) is 0.453. The van der Waals surface area contributed by atoms with Gasteiger partial charge in [0.2, 0.25) is 0 Å². The highest BCUT2D eigenvalue weighted by atomic mass is 15.3. The minimum Gasteiger partial charge on any atom is -0.383 e. The number of nitrogens with zero attached hydrogens (tertiary/aromatic N) is 4. The maximum Gasteiger partial charge on any atom is 0.164 e. The third-order valence-corrected chi connectivity index (χ3v) is 3.96. The molecule has 0 spiro atoms. The predicted octanol–water partition coefficient (Wildman–Crippen LogP) is 3.31. The van der Waals surface area contributed by atoms with Gasteiger partial charge in [-0.05, 0) is 39.0 Å². The van der Waals surface area contributed by atoms with Gasteiger partial charge in [0, 0.05) is 22.7 Å². The molecular formula is C17H18N6. The third-order valence-electron chi connectivity index (χ3n) is 3.96. The number of hydrogen-bond donors (Lipinski definition) is 2. The van der Waals surface area contributed by atoms with Gasteiger partial charge in [-0.1, -0.05) is 6.07 Å². The Labute approximate surface area is 133 Å². The molecule has 3 N–H and O–H groups in total. The summed E-state index contributed by atoms with van der Waals surface area (Å²) in [6, 6.07) is 8.24. The fourth-order valence-corrected chi connectivity index (χ4v) is 2.84. The number of benzene rings is 1. The molecule has 0 radical (unpaired) electrons. The van der Waals surface area contributed by atoms with Gasteiger partial charge in [0.05, 0.1) is 10.9 Å². The van der Waals surface area contributed by atoms with Crippen molar-refractivity contribution >= 4 is 27.8 Å². The molecule has 0 bridgehead atoms. The highest BCUT2D eigenvalue weighted by Gasteiger charge is 2.23. The van der Waals surface area contributed by atoms with E-state index in [2.05, 4.69) is 41.8 Å². The van der Waals surface area contributed by atoms with Gasteiger partial charge in [-0.3, -0.25) is 0 Å². The second-order valence-electron chi connectivity index (χ2n) is 6.67. The molecule has 116 valence electrons. The Morgan fingerprint density at radius 1 is 1.13 bits per heavy atom. The molecule has 3 heterocycles. The maximum atomic E-state index is 6.13. The first-order valence-corrected chi connectivity index (χ1v) is 7.52. The fourth-order valence-electron chi connectivity index (χ4n) is 2.84. The van der Waals surface area contributed by atoms with Crippen LogP contribution in [0, 0.1) is 0 Å². The van der Waals surface area contributed by atoms with E-state index in [1.807, 2.05) is 29.1 Å². The zero-order chi connectivity index (χ0) is 16.2. The van der Waals surface area contributed by atoms with E-state index in [0.717, 1.165) is 33.2 Å². The topological polar surface area (TPSA) is 85.4 Å². The monoisotopic (exact) mass is 306 g/mol. The summed E-state index contributed by atoms with van der Waals surface area (Å²) in [5, 5.41) is 6.75. The molecule has 6 heteroatoms. The van der Waals surface area contributed by atoms with Crippen molar-refractivity contribution in [1.29, 1.82) is 0 Å². The SMILES string of the molecule is CC(C)(C)n1nc(-c2ccc3[nH]ccc3c2)c2c(N)ncnc21. The quantitative estimate of drug-likeness (QED) is 0.565. The minimum absolute atomic E-state index is 0.199. The zero-order valence-electron chi connectivity index (χ0n) is 13.3. The van der Waals surface area contributed by atoms with Crippen molar-refractivity contribution in [3.8, 4) is 11.3 Å². The third kappa shape index (κ3) is 2.06. The molecular weight excluding hydrogens is 288 g/mol. The van der Waals surface area contributed by atoms with Gasteiger partial charge in [0.15, 0.2) is 5.65 Å². The van der Waals surface area contributed by atoms with Crippen LogP contribution in [-0.2, 0) is 5.54 Å². The molecule has 23 heavy (non-hydrogen) atoms. The number of nitrogen functional groups attached to an aromatic ring is 1. The van der Waals surface area contributed by atoms with Crippen molar-refractivity contribution in [2.45, 2.75) is 26.3 Å². The Balaban J connectivity index is 2.06. The fraction of sp³-hybridized carbons (Fsp3) is 0.235. The number of aromatic amines is 1. The van der Waals surface area contributed by atoms with E-state index < -0.39 is 0 Å². The average molecular weight is 306 g/mol. The van der Waals surface area contributed by atoms with Gasteiger partial charge >= 0.3 is 0 Å². The molecule has 0 amide bonds. The smallest absolute Gasteiger partial charge is 0.164 e. The summed E-state index contributed by atoms with van der Waals surface area (Å²) < 4.78 is 1.91. The molecule has 0 saturated heterocycles. The van der Waals surface area contributed by atoms with Gasteiger partial charge in [-0.15, -0.1) is 0 Å². The number of nitrogens with one attached hydrogen (secondary N) is 1. The molecule has 0 saturated carbocycles. The van der Waals surface area contributed by atoms with E-state index in [1.165, 1.54) is 6.33 Å². The summed E-state index contributed by atoms with van der Waals surface area (Å²) in [4.78, 5) is 11.8. The molecule has 0 fully saturated rings. The molecule has 6 nitrogen and oxygen atoms in total. The second kappa shape index (κ2) is 4.55. The lowest BCUT2D eigenvalue weighted by Gasteiger charge is -2.19. The van der Waals surface area contributed by atoms with Gasteiger partial charge in [-0.25, -0.2) is 14.6 Å². The van der Waals surface area contributed by atoms with Crippen LogP contribution in [0.3, 0.4) is 0 Å². The van der Waals surface area contributed by atoms with Crippen LogP contribution in [0.5, 0.6) is 0 Å². The zero-order valence-corrected chi connectivity index (χ0v) is 13.3. The van der Waals surface area contributed by atoms with Gasteiger partial charge in [-0.2, -0.15) is 5.10 Å². The first-order chi connectivity index (χ1) is 10.9. The van der Waals surface area contributed by atoms with E-state index >= 15 is 0 Å². The lowest BCUT2D eigenvalue weighted by Crippen LogP contribution is -2.23. The first kappa shape index (κ1) is 13.8. The van der Waals surface area contributed by atoms with Crippen LogP contribution < -0.4 is 5.73 Å². The van der Waals surface area contributed by atoms with Crippen LogP contribution in [0.1, 0.15) is 20.8 Å². The Bertz CT molecular complexity index is 1020. The van der Waals surface area contributed by atoms with E-state index in [1.54, 1.807) is 0 Å². The molecule has 0 atom stereocenters. The average Bonchev–Trinajstić information content (AvgIpc) is 3.10. The van der Waals surface area contributed by atoms with Crippen LogP contribution in [0.15, 0.2) is 36.8 Å². The molecule has 0 unspecified atom stereocenters. The van der Waals surface area contributed by atoms with Crippen molar-refractivity contribution in [3.63, 3.8) is 0 Å². The molecule has 1 aromatic carbocycles. The number of aromatic nitrogens is 5. The Hall–Kier alpha value is -2.89. The van der Waals surface area contributed by atoms with Crippen LogP contribution in [-0.4, -0.2) is 24.7 Å². The van der Waals surface area contributed by atoms with Crippen LogP contribution in [0.2, 0.25) is 0 Å². The predicted molar refractivity (Wildman–Crippen MR) is 92.0 cm³/mol. The van der Waals surface area contributed by atoms with Crippen LogP contribution in [0.4, 0.5) is 5.82 Å². The molecule has 3 aromatic heterocycles. The highest BCUT2D eigenvalue weighted by Crippen LogP contribution is 2.33. The highest BCUT2D eigenvalue weighted by molar-refractivity contribution is 6.00. The lowest BCUT2D eigenvalue weighted by atomic mass is 10.1. The van der Waals surface area contributed by atoms with Crippen LogP contribution in [0.25, 0.3) is 33.2 Å². The number of nitrogens with two attached hydrogens (primary N) is 1. The lowest BCUT2D eigenvalue weighted by molar-refractivity contribution is 0.367. The number of rotatable bonds is 1. The Morgan fingerprint density at radius 2 is 1.96 bits per heavy atom.